The van der Waals surface area contributed by atoms with E-state index in [2.05, 4.69) is 17.1 Å². The highest BCUT2D eigenvalue weighted by atomic mass is 35.5. The molecule has 0 spiro atoms. The summed E-state index contributed by atoms with van der Waals surface area (Å²) in [6.45, 7) is 2.97. The molecule has 0 radical (unpaired) electrons. The number of amides is 1. The van der Waals surface area contributed by atoms with Crippen LogP contribution in [0.25, 0.3) is 17.0 Å². The van der Waals surface area contributed by atoms with Gasteiger partial charge in [0.2, 0.25) is 0 Å². The van der Waals surface area contributed by atoms with Gasteiger partial charge in [-0.05, 0) is 73.1 Å². The summed E-state index contributed by atoms with van der Waals surface area (Å²) in [5, 5.41) is 2.42. The quantitative estimate of drug-likeness (QED) is 0.275. The van der Waals surface area contributed by atoms with Gasteiger partial charge in [-0.15, -0.1) is 0 Å². The van der Waals surface area contributed by atoms with E-state index >= 15 is 0 Å². The molecule has 1 fully saturated rings. The van der Waals surface area contributed by atoms with Crippen LogP contribution in [0.1, 0.15) is 18.1 Å². The first kappa shape index (κ1) is 23.3. The minimum absolute atomic E-state index is 0.0769. The van der Waals surface area contributed by atoms with Gasteiger partial charge in [0, 0.05) is 34.2 Å². The summed E-state index contributed by atoms with van der Waals surface area (Å²) in [6.07, 6.45) is 4.57. The highest BCUT2D eigenvalue weighted by Gasteiger charge is 2.33. The molecule has 1 saturated heterocycles. The van der Waals surface area contributed by atoms with Crippen LogP contribution in [-0.4, -0.2) is 34.1 Å². The lowest BCUT2D eigenvalue weighted by molar-refractivity contribution is -0.122. The first-order chi connectivity index (χ1) is 17.1. The van der Waals surface area contributed by atoms with E-state index in [-0.39, 0.29) is 5.91 Å². The number of carbonyl (C=O) groups excluding carboxylic acids is 1. The molecule has 1 N–H and O–H groups in total. The Morgan fingerprint density at radius 3 is 2.71 bits per heavy atom. The van der Waals surface area contributed by atoms with Crippen molar-refractivity contribution in [1.82, 2.24) is 9.88 Å². The van der Waals surface area contributed by atoms with Crippen molar-refractivity contribution >= 4 is 57.1 Å². The largest absolute Gasteiger partial charge is 0.493 e. The average Bonchev–Trinajstić information content (AvgIpc) is 3.41. The Kier molecular flexibility index (Phi) is 6.93. The van der Waals surface area contributed by atoms with E-state index in [9.17, 15) is 4.79 Å². The fraction of sp³-hybridized carbons (Fsp3) is 0.143. The highest BCUT2D eigenvalue weighted by Crippen LogP contribution is 2.36. The number of aliphatic imine (C=N–C) groups is 1. The van der Waals surface area contributed by atoms with Gasteiger partial charge < -0.3 is 9.72 Å². The van der Waals surface area contributed by atoms with Crippen LogP contribution < -0.4 is 4.74 Å². The van der Waals surface area contributed by atoms with Gasteiger partial charge in [0.15, 0.2) is 5.17 Å². The molecule has 1 aromatic heterocycles. The SMILES string of the molecule is CCOc1ccc(Cl)cc1/C=C1\SC(=Nc2ccccc2)N(CCc2c[nH]c3ccccc23)C1=O. The Morgan fingerprint density at radius 1 is 1.09 bits per heavy atom. The summed E-state index contributed by atoms with van der Waals surface area (Å²) in [5.74, 6) is 0.614. The molecule has 4 aromatic rings. The number of para-hydroxylation sites is 2. The number of fused-ring (bicyclic) bond motifs is 1. The number of amidine groups is 1. The van der Waals surface area contributed by atoms with Crippen molar-refractivity contribution in [3.63, 3.8) is 0 Å². The third-order valence-electron chi connectivity index (χ3n) is 5.71. The number of thioether (sulfide) groups is 1. The number of H-pyrrole nitrogens is 1. The van der Waals surface area contributed by atoms with Gasteiger partial charge in [0.1, 0.15) is 5.75 Å². The second kappa shape index (κ2) is 10.4. The number of ether oxygens (including phenoxy) is 1. The monoisotopic (exact) mass is 501 g/mol. The zero-order valence-electron chi connectivity index (χ0n) is 19.2. The molecule has 5 nitrogen and oxygen atoms in total. The maximum atomic E-state index is 13.6. The number of aromatic nitrogens is 1. The van der Waals surface area contributed by atoms with Crippen molar-refractivity contribution < 1.29 is 9.53 Å². The van der Waals surface area contributed by atoms with E-state index in [1.54, 1.807) is 11.0 Å². The first-order valence-electron chi connectivity index (χ1n) is 11.4. The molecule has 3 aromatic carbocycles. The van der Waals surface area contributed by atoms with Crippen molar-refractivity contribution in [1.29, 1.82) is 0 Å². The second-order valence-electron chi connectivity index (χ2n) is 8.02. The standard InChI is InChI=1S/C28H24ClN3O2S/c1-2-34-25-13-12-21(29)16-20(25)17-26-27(33)32(28(35-26)31-22-8-4-3-5-9-22)15-14-19-18-30-24-11-7-6-10-23(19)24/h3-13,16-18,30H,2,14-15H2,1H3/b26-17-,31-28?. The van der Waals surface area contributed by atoms with Crippen LogP contribution >= 0.6 is 23.4 Å². The van der Waals surface area contributed by atoms with E-state index < -0.39 is 0 Å². The first-order valence-corrected chi connectivity index (χ1v) is 12.6. The fourth-order valence-corrected chi connectivity index (χ4v) is 5.23. The van der Waals surface area contributed by atoms with Crippen LogP contribution in [-0.2, 0) is 11.2 Å². The maximum Gasteiger partial charge on any atom is 0.266 e. The fourth-order valence-electron chi connectivity index (χ4n) is 4.03. The van der Waals surface area contributed by atoms with Gasteiger partial charge in [0.05, 0.1) is 17.2 Å². The number of nitrogens with zero attached hydrogens (tertiary/aromatic N) is 2. The average molecular weight is 502 g/mol. The molecule has 0 unspecified atom stereocenters. The molecule has 1 aliphatic heterocycles. The maximum absolute atomic E-state index is 13.6. The molecule has 0 saturated carbocycles. The number of hydrogen-bond donors (Lipinski definition) is 1. The predicted molar refractivity (Wildman–Crippen MR) is 145 cm³/mol. The van der Waals surface area contributed by atoms with E-state index in [4.69, 9.17) is 21.3 Å². The molecule has 35 heavy (non-hydrogen) atoms. The van der Waals surface area contributed by atoms with Crippen molar-refractivity contribution in [3.8, 4) is 5.75 Å². The number of carbonyl (C=O) groups is 1. The normalized spacial score (nSPS) is 16.1. The summed E-state index contributed by atoms with van der Waals surface area (Å²) in [4.78, 5) is 24.0. The van der Waals surface area contributed by atoms with E-state index in [1.807, 2.05) is 73.8 Å². The van der Waals surface area contributed by atoms with Crippen molar-refractivity contribution in [3.05, 3.63) is 100 Å². The molecule has 0 atom stereocenters. The number of rotatable bonds is 7. The van der Waals surface area contributed by atoms with Crippen LogP contribution in [0.4, 0.5) is 5.69 Å². The summed E-state index contributed by atoms with van der Waals surface area (Å²) >= 11 is 7.62. The van der Waals surface area contributed by atoms with Crippen LogP contribution in [0.15, 0.2) is 88.9 Å². The topological polar surface area (TPSA) is 57.7 Å². The smallest absolute Gasteiger partial charge is 0.266 e. The predicted octanol–water partition coefficient (Wildman–Crippen LogP) is 7.07. The van der Waals surface area contributed by atoms with Crippen LogP contribution in [0.2, 0.25) is 5.02 Å². The number of aromatic amines is 1. The Labute approximate surface area is 213 Å². The summed E-state index contributed by atoms with van der Waals surface area (Å²) in [5.41, 5.74) is 3.84. The molecule has 1 amide bonds. The third-order valence-corrected chi connectivity index (χ3v) is 6.95. The van der Waals surface area contributed by atoms with Gasteiger partial charge in [-0.3, -0.25) is 9.69 Å². The molecule has 7 heteroatoms. The Morgan fingerprint density at radius 2 is 1.89 bits per heavy atom. The number of benzene rings is 3. The van der Waals surface area contributed by atoms with Gasteiger partial charge in [-0.25, -0.2) is 4.99 Å². The molecular weight excluding hydrogens is 478 g/mol. The van der Waals surface area contributed by atoms with Crippen molar-refractivity contribution in [2.75, 3.05) is 13.2 Å². The van der Waals surface area contributed by atoms with Crippen molar-refractivity contribution in [2.24, 2.45) is 4.99 Å². The van der Waals surface area contributed by atoms with Crippen molar-refractivity contribution in [2.45, 2.75) is 13.3 Å². The third kappa shape index (κ3) is 5.14. The molecule has 1 aliphatic rings. The summed E-state index contributed by atoms with van der Waals surface area (Å²) < 4.78 is 5.75. The zero-order valence-corrected chi connectivity index (χ0v) is 20.8. The summed E-state index contributed by atoms with van der Waals surface area (Å²) in [7, 11) is 0. The number of hydrogen-bond acceptors (Lipinski definition) is 4. The molecule has 5 rings (SSSR count). The van der Waals surface area contributed by atoms with E-state index in [1.165, 1.54) is 22.7 Å². The van der Waals surface area contributed by atoms with Crippen LogP contribution in [0, 0.1) is 0 Å². The Bertz CT molecular complexity index is 1430. The van der Waals surface area contributed by atoms with Gasteiger partial charge in [0.25, 0.3) is 5.91 Å². The number of halogens is 1. The van der Waals surface area contributed by atoms with Crippen LogP contribution in [0.3, 0.4) is 0 Å². The van der Waals surface area contributed by atoms with E-state index in [0.29, 0.717) is 40.4 Å². The lowest BCUT2D eigenvalue weighted by Gasteiger charge is -2.15. The summed E-state index contributed by atoms with van der Waals surface area (Å²) in [6, 6.07) is 23.3. The minimum Gasteiger partial charge on any atom is -0.493 e. The second-order valence-corrected chi connectivity index (χ2v) is 9.47. The number of nitrogens with one attached hydrogen (secondary N) is 1. The highest BCUT2D eigenvalue weighted by molar-refractivity contribution is 8.18. The Balaban J connectivity index is 1.48. The lowest BCUT2D eigenvalue weighted by Crippen LogP contribution is -2.31. The lowest BCUT2D eigenvalue weighted by atomic mass is 10.1. The molecule has 176 valence electrons. The van der Waals surface area contributed by atoms with E-state index in [0.717, 1.165) is 16.8 Å². The van der Waals surface area contributed by atoms with Gasteiger partial charge in [-0.1, -0.05) is 48.0 Å². The van der Waals surface area contributed by atoms with Gasteiger partial charge >= 0.3 is 0 Å². The molecule has 2 heterocycles. The molecule has 0 bridgehead atoms. The van der Waals surface area contributed by atoms with Gasteiger partial charge in [-0.2, -0.15) is 0 Å². The van der Waals surface area contributed by atoms with Crippen LogP contribution in [0.5, 0.6) is 5.75 Å². The molecular formula is C28H24ClN3O2S. The zero-order chi connectivity index (χ0) is 24.2. The Hall–Kier alpha value is -3.48. The minimum atomic E-state index is -0.0769. The molecule has 0 aliphatic carbocycles.